The third-order valence-corrected chi connectivity index (χ3v) is 3.74. The molecule has 0 aromatic heterocycles. The van der Waals surface area contributed by atoms with Crippen molar-refractivity contribution < 1.29 is 9.53 Å². The molecule has 1 fully saturated rings. The average molecular weight is 254 g/mol. The number of nitrogens with one attached hydrogen (secondary N) is 1. The molecule has 18 heavy (non-hydrogen) atoms. The molecule has 0 amide bonds. The van der Waals surface area contributed by atoms with Gasteiger partial charge in [0.2, 0.25) is 0 Å². The molecular weight excluding hydrogens is 228 g/mol. The number of hydrogen-bond acceptors (Lipinski definition) is 4. The number of nitrogens with zero attached hydrogens (tertiary/aromatic N) is 1. The van der Waals surface area contributed by atoms with Crippen molar-refractivity contribution in [3.8, 4) is 0 Å². The van der Waals surface area contributed by atoms with E-state index < -0.39 is 0 Å². The SMILES string of the molecule is CCOC(=O)/C=C/CNCC1(N(C)C)CCCC1. The van der Waals surface area contributed by atoms with E-state index in [1.807, 2.05) is 13.0 Å². The number of likely N-dealkylation sites (N-methyl/N-ethyl adjacent to an activating group) is 1. The van der Waals surface area contributed by atoms with E-state index in [-0.39, 0.29) is 5.97 Å². The highest BCUT2D eigenvalue weighted by Crippen LogP contribution is 2.32. The summed E-state index contributed by atoms with van der Waals surface area (Å²) in [5, 5.41) is 3.41. The van der Waals surface area contributed by atoms with Crippen LogP contribution in [0.4, 0.5) is 0 Å². The van der Waals surface area contributed by atoms with Gasteiger partial charge in [-0.25, -0.2) is 4.79 Å². The van der Waals surface area contributed by atoms with Crippen LogP contribution in [0.5, 0.6) is 0 Å². The Morgan fingerprint density at radius 2 is 2.06 bits per heavy atom. The highest BCUT2D eigenvalue weighted by molar-refractivity contribution is 5.81. The molecule has 0 unspecified atom stereocenters. The van der Waals surface area contributed by atoms with Crippen LogP contribution in [0, 0.1) is 0 Å². The molecule has 0 heterocycles. The van der Waals surface area contributed by atoms with Crippen LogP contribution in [0.25, 0.3) is 0 Å². The minimum atomic E-state index is -0.262. The van der Waals surface area contributed by atoms with Gasteiger partial charge in [0.05, 0.1) is 6.61 Å². The Morgan fingerprint density at radius 3 is 2.61 bits per heavy atom. The average Bonchev–Trinajstić information content (AvgIpc) is 2.79. The summed E-state index contributed by atoms with van der Waals surface area (Å²) in [6, 6.07) is 0. The molecule has 1 N–H and O–H groups in total. The normalized spacial score (nSPS) is 18.7. The molecule has 0 aliphatic heterocycles. The maximum atomic E-state index is 11.1. The van der Waals surface area contributed by atoms with Crippen molar-refractivity contribution in [2.75, 3.05) is 33.8 Å². The molecule has 0 spiro atoms. The van der Waals surface area contributed by atoms with Crippen molar-refractivity contribution in [3.63, 3.8) is 0 Å². The summed E-state index contributed by atoms with van der Waals surface area (Å²) >= 11 is 0. The van der Waals surface area contributed by atoms with Gasteiger partial charge in [0.1, 0.15) is 0 Å². The Balaban J connectivity index is 2.26. The predicted octanol–water partition coefficient (Wildman–Crippen LogP) is 1.57. The lowest BCUT2D eigenvalue weighted by molar-refractivity contribution is -0.137. The zero-order valence-corrected chi connectivity index (χ0v) is 11.9. The van der Waals surface area contributed by atoms with Gasteiger partial charge in [-0.05, 0) is 33.9 Å². The van der Waals surface area contributed by atoms with Crippen molar-refractivity contribution in [2.24, 2.45) is 0 Å². The molecule has 0 atom stereocenters. The minimum absolute atomic E-state index is 0.262. The van der Waals surface area contributed by atoms with E-state index in [2.05, 4.69) is 24.3 Å². The maximum absolute atomic E-state index is 11.1. The molecule has 0 bridgehead atoms. The van der Waals surface area contributed by atoms with Gasteiger partial charge in [-0.2, -0.15) is 0 Å². The van der Waals surface area contributed by atoms with E-state index in [9.17, 15) is 4.79 Å². The monoisotopic (exact) mass is 254 g/mol. The largest absolute Gasteiger partial charge is 0.463 e. The van der Waals surface area contributed by atoms with E-state index in [0.29, 0.717) is 18.7 Å². The van der Waals surface area contributed by atoms with Crippen LogP contribution >= 0.6 is 0 Å². The second-order valence-corrected chi connectivity index (χ2v) is 5.11. The molecule has 1 saturated carbocycles. The molecule has 4 heteroatoms. The summed E-state index contributed by atoms with van der Waals surface area (Å²) in [7, 11) is 4.31. The third kappa shape index (κ3) is 4.42. The first kappa shape index (κ1) is 15.2. The fourth-order valence-electron chi connectivity index (χ4n) is 2.55. The van der Waals surface area contributed by atoms with Gasteiger partial charge in [-0.1, -0.05) is 18.9 Å². The standard InChI is InChI=1S/C14H26N2O2/c1-4-18-13(17)8-7-11-15-12-14(16(2)3)9-5-6-10-14/h7-8,15H,4-6,9-12H2,1-3H3/b8-7+. The molecule has 104 valence electrons. The second kappa shape index (κ2) is 7.54. The Labute approximate surface area is 110 Å². The summed E-state index contributed by atoms with van der Waals surface area (Å²) in [5.74, 6) is -0.262. The van der Waals surface area contributed by atoms with Crippen molar-refractivity contribution >= 4 is 5.97 Å². The number of rotatable bonds is 7. The Morgan fingerprint density at radius 1 is 1.39 bits per heavy atom. The van der Waals surface area contributed by atoms with Gasteiger partial charge in [-0.3, -0.25) is 0 Å². The van der Waals surface area contributed by atoms with Gasteiger partial charge in [0, 0.05) is 24.7 Å². The molecule has 1 aliphatic rings. The first-order valence-electron chi connectivity index (χ1n) is 6.82. The van der Waals surface area contributed by atoms with Gasteiger partial charge in [0.25, 0.3) is 0 Å². The summed E-state index contributed by atoms with van der Waals surface area (Å²) in [6.45, 7) is 3.94. The van der Waals surface area contributed by atoms with Crippen molar-refractivity contribution in [2.45, 2.75) is 38.1 Å². The second-order valence-electron chi connectivity index (χ2n) is 5.11. The summed E-state index contributed by atoms with van der Waals surface area (Å²) in [5.41, 5.74) is 0.303. The lowest BCUT2D eigenvalue weighted by Gasteiger charge is -2.36. The number of hydrogen-bond donors (Lipinski definition) is 1. The lowest BCUT2D eigenvalue weighted by atomic mass is 9.96. The fourth-order valence-corrected chi connectivity index (χ4v) is 2.55. The van der Waals surface area contributed by atoms with E-state index in [4.69, 9.17) is 4.74 Å². The first-order chi connectivity index (χ1) is 8.60. The predicted molar refractivity (Wildman–Crippen MR) is 73.5 cm³/mol. The fraction of sp³-hybridized carbons (Fsp3) is 0.786. The molecule has 4 nitrogen and oxygen atoms in total. The Kier molecular flexibility index (Phi) is 6.36. The molecule has 0 aromatic rings. The summed E-state index contributed by atoms with van der Waals surface area (Å²) < 4.78 is 4.82. The topological polar surface area (TPSA) is 41.6 Å². The number of esters is 1. The van der Waals surface area contributed by atoms with Crippen molar-refractivity contribution in [3.05, 3.63) is 12.2 Å². The van der Waals surface area contributed by atoms with E-state index >= 15 is 0 Å². The van der Waals surface area contributed by atoms with Crippen LogP contribution in [0.3, 0.4) is 0 Å². The van der Waals surface area contributed by atoms with Crippen LogP contribution in [-0.2, 0) is 9.53 Å². The molecule has 1 aliphatic carbocycles. The van der Waals surface area contributed by atoms with Crippen LogP contribution in [-0.4, -0.2) is 50.2 Å². The third-order valence-electron chi connectivity index (χ3n) is 3.74. The van der Waals surface area contributed by atoms with E-state index in [1.165, 1.54) is 31.8 Å². The first-order valence-corrected chi connectivity index (χ1v) is 6.82. The minimum Gasteiger partial charge on any atom is -0.463 e. The van der Waals surface area contributed by atoms with Gasteiger partial charge in [-0.15, -0.1) is 0 Å². The van der Waals surface area contributed by atoms with Gasteiger partial charge < -0.3 is 15.0 Å². The maximum Gasteiger partial charge on any atom is 0.330 e. The van der Waals surface area contributed by atoms with Crippen LogP contribution in [0.2, 0.25) is 0 Å². The Bertz CT molecular complexity index is 282. The summed E-state index contributed by atoms with van der Waals surface area (Å²) in [4.78, 5) is 13.4. The van der Waals surface area contributed by atoms with E-state index in [0.717, 1.165) is 6.54 Å². The molecule has 0 saturated heterocycles. The van der Waals surface area contributed by atoms with Crippen LogP contribution in [0.1, 0.15) is 32.6 Å². The smallest absolute Gasteiger partial charge is 0.330 e. The van der Waals surface area contributed by atoms with Crippen LogP contribution < -0.4 is 5.32 Å². The highest BCUT2D eigenvalue weighted by atomic mass is 16.5. The zero-order chi connectivity index (χ0) is 13.4. The van der Waals surface area contributed by atoms with Gasteiger partial charge >= 0.3 is 5.97 Å². The van der Waals surface area contributed by atoms with Crippen LogP contribution in [0.15, 0.2) is 12.2 Å². The van der Waals surface area contributed by atoms with Crippen molar-refractivity contribution in [1.29, 1.82) is 0 Å². The van der Waals surface area contributed by atoms with Gasteiger partial charge in [0.15, 0.2) is 0 Å². The Hall–Kier alpha value is -0.870. The quantitative estimate of drug-likeness (QED) is 0.425. The molecular formula is C14H26N2O2. The van der Waals surface area contributed by atoms with E-state index in [1.54, 1.807) is 0 Å². The number of carbonyl (C=O) groups excluding carboxylic acids is 1. The molecule has 0 radical (unpaired) electrons. The number of ether oxygens (including phenoxy) is 1. The molecule has 1 rings (SSSR count). The summed E-state index contributed by atoms with van der Waals surface area (Å²) in [6.07, 6.45) is 8.48. The molecule has 0 aromatic carbocycles. The zero-order valence-electron chi connectivity index (χ0n) is 11.9. The van der Waals surface area contributed by atoms with Crippen molar-refractivity contribution in [1.82, 2.24) is 10.2 Å². The highest BCUT2D eigenvalue weighted by Gasteiger charge is 2.35. The lowest BCUT2D eigenvalue weighted by Crippen LogP contribution is -2.49. The number of carbonyl (C=O) groups is 1.